The van der Waals surface area contributed by atoms with E-state index in [1.807, 2.05) is 6.07 Å². The van der Waals surface area contributed by atoms with Gasteiger partial charge in [0.1, 0.15) is 41.0 Å². The summed E-state index contributed by atoms with van der Waals surface area (Å²) in [6.07, 6.45) is 0. The SMILES string of the molecule is O=C(COc1ccccc1)NC1C(=O)N2C(C(=O)O)=C(COc3ccccc3-c3nc4ccccc4c(=O)[nH]3)CSC12. The maximum Gasteiger partial charge on any atom is 0.352 e. The van der Waals surface area contributed by atoms with E-state index < -0.39 is 29.2 Å². The average Bonchev–Trinajstić information content (AvgIpc) is 3.01. The van der Waals surface area contributed by atoms with Crippen LogP contribution in [-0.2, 0) is 14.4 Å². The maximum atomic E-state index is 13.0. The fourth-order valence-electron chi connectivity index (χ4n) is 4.84. The van der Waals surface area contributed by atoms with Crippen LogP contribution < -0.4 is 20.3 Å². The Morgan fingerprint density at radius 2 is 1.74 bits per heavy atom. The minimum absolute atomic E-state index is 0.109. The summed E-state index contributed by atoms with van der Waals surface area (Å²) in [6, 6.07) is 21.9. The molecule has 212 valence electrons. The Balaban J connectivity index is 1.17. The van der Waals surface area contributed by atoms with E-state index in [9.17, 15) is 24.3 Å². The number of para-hydroxylation sites is 3. The molecule has 2 atom stereocenters. The Morgan fingerprint density at radius 1 is 1.00 bits per heavy atom. The van der Waals surface area contributed by atoms with Crippen molar-refractivity contribution in [3.8, 4) is 22.9 Å². The lowest BCUT2D eigenvalue weighted by Crippen LogP contribution is -2.71. The van der Waals surface area contributed by atoms with Crippen LogP contribution in [0.2, 0.25) is 0 Å². The summed E-state index contributed by atoms with van der Waals surface area (Å²) in [7, 11) is 0. The number of fused-ring (bicyclic) bond motifs is 2. The smallest absolute Gasteiger partial charge is 0.352 e. The van der Waals surface area contributed by atoms with Crippen LogP contribution in [0.1, 0.15) is 0 Å². The van der Waals surface area contributed by atoms with Crippen LogP contribution in [0.3, 0.4) is 0 Å². The summed E-state index contributed by atoms with van der Waals surface area (Å²) in [5.41, 5.74) is 1.01. The summed E-state index contributed by atoms with van der Waals surface area (Å²) < 4.78 is 11.5. The molecule has 0 radical (unpaired) electrons. The van der Waals surface area contributed by atoms with E-state index in [2.05, 4.69) is 15.3 Å². The molecule has 42 heavy (non-hydrogen) atoms. The highest BCUT2D eigenvalue weighted by Gasteiger charge is 2.54. The average molecular weight is 585 g/mol. The van der Waals surface area contributed by atoms with E-state index in [-0.39, 0.29) is 30.2 Å². The maximum absolute atomic E-state index is 13.0. The Morgan fingerprint density at radius 3 is 2.55 bits per heavy atom. The third-order valence-corrected chi connectivity index (χ3v) is 8.18. The molecule has 3 heterocycles. The first-order chi connectivity index (χ1) is 20.4. The van der Waals surface area contributed by atoms with Crippen molar-refractivity contribution in [1.82, 2.24) is 20.2 Å². The molecule has 0 aliphatic carbocycles. The van der Waals surface area contributed by atoms with Crippen molar-refractivity contribution < 1.29 is 29.0 Å². The number of rotatable bonds is 9. The number of ether oxygens (including phenoxy) is 2. The number of aromatic amines is 1. The van der Waals surface area contributed by atoms with Gasteiger partial charge < -0.3 is 24.9 Å². The molecule has 3 aromatic carbocycles. The largest absolute Gasteiger partial charge is 0.488 e. The van der Waals surface area contributed by atoms with Crippen LogP contribution in [0.4, 0.5) is 0 Å². The van der Waals surface area contributed by atoms with Crippen molar-refractivity contribution in [2.24, 2.45) is 0 Å². The fourth-order valence-corrected chi connectivity index (χ4v) is 6.17. The Labute approximate surface area is 243 Å². The van der Waals surface area contributed by atoms with E-state index in [1.165, 1.54) is 16.7 Å². The minimum Gasteiger partial charge on any atom is -0.488 e. The highest BCUT2D eigenvalue weighted by Crippen LogP contribution is 2.40. The monoisotopic (exact) mass is 584 g/mol. The number of benzene rings is 3. The van der Waals surface area contributed by atoms with Gasteiger partial charge in [0.05, 0.1) is 16.5 Å². The van der Waals surface area contributed by atoms with Crippen molar-refractivity contribution >= 4 is 40.4 Å². The van der Waals surface area contributed by atoms with Crippen molar-refractivity contribution in [3.05, 3.63) is 100 Å². The van der Waals surface area contributed by atoms with E-state index in [4.69, 9.17) is 9.47 Å². The summed E-state index contributed by atoms with van der Waals surface area (Å²) in [5, 5.41) is 12.6. The number of hydrogen-bond donors (Lipinski definition) is 3. The van der Waals surface area contributed by atoms with Crippen LogP contribution in [-0.4, -0.2) is 68.1 Å². The molecule has 4 aromatic rings. The second-order valence-electron chi connectivity index (χ2n) is 9.53. The zero-order chi connectivity index (χ0) is 29.2. The molecule has 11 nitrogen and oxygen atoms in total. The van der Waals surface area contributed by atoms with Gasteiger partial charge in [0, 0.05) is 11.3 Å². The molecule has 3 N–H and O–H groups in total. The Hall–Kier alpha value is -5.10. The van der Waals surface area contributed by atoms with Gasteiger partial charge in [-0.15, -0.1) is 11.8 Å². The first-order valence-corrected chi connectivity index (χ1v) is 14.0. The van der Waals surface area contributed by atoms with Gasteiger partial charge in [0.25, 0.3) is 17.4 Å². The molecule has 1 aromatic heterocycles. The number of carbonyl (C=O) groups excluding carboxylic acids is 2. The first kappa shape index (κ1) is 27.1. The van der Waals surface area contributed by atoms with Gasteiger partial charge in [0.15, 0.2) is 6.61 Å². The predicted molar refractivity (Wildman–Crippen MR) is 155 cm³/mol. The van der Waals surface area contributed by atoms with E-state index >= 15 is 0 Å². The number of thioether (sulfide) groups is 1. The molecule has 12 heteroatoms. The number of carboxylic acids is 1. The molecule has 2 amide bonds. The minimum atomic E-state index is -1.27. The topological polar surface area (TPSA) is 151 Å². The number of nitrogens with zero attached hydrogens (tertiary/aromatic N) is 2. The second kappa shape index (κ2) is 11.4. The quantitative estimate of drug-likeness (QED) is 0.252. The molecule has 2 aliphatic rings. The van der Waals surface area contributed by atoms with E-state index in [1.54, 1.807) is 72.8 Å². The third kappa shape index (κ3) is 5.19. The zero-order valence-electron chi connectivity index (χ0n) is 22.0. The lowest BCUT2D eigenvalue weighted by molar-refractivity contribution is -0.151. The molecule has 0 saturated carbocycles. The standard InChI is InChI=1S/C30H24N4O7S/c35-23(15-40-18-8-2-1-3-9-18)32-24-28(37)34-25(30(38)39)17(16-42-29(24)34)14-41-22-13-7-5-11-20(22)26-31-21-12-6-4-10-19(21)27(36)33-26/h1-13,24,29H,14-16H2,(H,32,35)(H,38,39)(H,31,33,36). The number of H-pyrrole nitrogens is 1. The Kier molecular flexibility index (Phi) is 7.36. The van der Waals surface area contributed by atoms with Gasteiger partial charge in [-0.05, 0) is 36.4 Å². The molecule has 1 fully saturated rings. The number of aliphatic carboxylic acids is 1. The molecular weight excluding hydrogens is 560 g/mol. The highest BCUT2D eigenvalue weighted by atomic mass is 32.2. The normalized spacial score (nSPS) is 17.8. The van der Waals surface area contributed by atoms with E-state index in [0.717, 1.165) is 0 Å². The number of carbonyl (C=O) groups is 3. The van der Waals surface area contributed by atoms with Gasteiger partial charge in [-0.3, -0.25) is 19.3 Å². The summed E-state index contributed by atoms with van der Waals surface area (Å²) in [6.45, 7) is -0.384. The van der Waals surface area contributed by atoms with Crippen molar-refractivity contribution in [1.29, 1.82) is 0 Å². The highest BCUT2D eigenvalue weighted by molar-refractivity contribution is 8.00. The molecule has 2 aliphatic heterocycles. The van der Waals surface area contributed by atoms with Gasteiger partial charge in [-0.2, -0.15) is 0 Å². The molecule has 2 unspecified atom stereocenters. The first-order valence-electron chi connectivity index (χ1n) is 13.0. The Bertz CT molecular complexity index is 1790. The zero-order valence-corrected chi connectivity index (χ0v) is 22.8. The summed E-state index contributed by atoms with van der Waals surface area (Å²) >= 11 is 1.34. The second-order valence-corrected chi connectivity index (χ2v) is 10.6. The molecule has 0 bridgehead atoms. The molecule has 1 saturated heterocycles. The van der Waals surface area contributed by atoms with Crippen LogP contribution in [0.15, 0.2) is 94.9 Å². The summed E-state index contributed by atoms with van der Waals surface area (Å²) in [5.74, 6) is -0.773. The molecule has 0 spiro atoms. The van der Waals surface area contributed by atoms with Gasteiger partial charge >= 0.3 is 5.97 Å². The van der Waals surface area contributed by atoms with Crippen LogP contribution in [0.25, 0.3) is 22.3 Å². The number of β-lactam (4-membered cyclic amide) rings is 1. The van der Waals surface area contributed by atoms with Crippen LogP contribution in [0, 0.1) is 0 Å². The van der Waals surface area contributed by atoms with E-state index in [0.29, 0.717) is 39.4 Å². The van der Waals surface area contributed by atoms with Crippen molar-refractivity contribution in [2.45, 2.75) is 11.4 Å². The number of hydrogen-bond acceptors (Lipinski definition) is 8. The predicted octanol–water partition coefficient (Wildman–Crippen LogP) is 2.79. The lowest BCUT2D eigenvalue weighted by Gasteiger charge is -2.49. The number of carboxylic acid groups (broad SMARTS) is 1. The number of aromatic nitrogens is 2. The number of nitrogens with one attached hydrogen (secondary N) is 2. The van der Waals surface area contributed by atoms with Crippen molar-refractivity contribution in [2.75, 3.05) is 19.0 Å². The van der Waals surface area contributed by atoms with Gasteiger partial charge in [-0.1, -0.05) is 42.5 Å². The van der Waals surface area contributed by atoms with Gasteiger partial charge in [0.2, 0.25) is 0 Å². The molecule has 6 rings (SSSR count). The van der Waals surface area contributed by atoms with Crippen LogP contribution in [0.5, 0.6) is 11.5 Å². The summed E-state index contributed by atoms with van der Waals surface area (Å²) in [4.78, 5) is 58.9. The van der Waals surface area contributed by atoms with Gasteiger partial charge in [-0.25, -0.2) is 9.78 Å². The lowest BCUT2D eigenvalue weighted by atomic mass is 10.0. The fraction of sp³-hybridized carbons (Fsp3) is 0.167. The molecular formula is C30H24N4O7S. The third-order valence-electron chi connectivity index (χ3n) is 6.84. The van der Waals surface area contributed by atoms with Crippen molar-refractivity contribution in [3.63, 3.8) is 0 Å². The number of amides is 2. The van der Waals surface area contributed by atoms with Crippen LogP contribution >= 0.6 is 11.8 Å².